The molecule has 2 nitrogen and oxygen atoms in total. The molecule has 1 aliphatic rings. The van der Waals surface area contributed by atoms with Gasteiger partial charge in [-0.2, -0.15) is 0 Å². The van der Waals surface area contributed by atoms with Crippen molar-refractivity contribution in [3.63, 3.8) is 0 Å². The maximum atomic E-state index is 5.66. The standard InChI is InChI=1S/C18H19NO/c1-15-12-13-20-14-18(15)19(16-8-4-2-5-9-16)17-10-6-3-7-11-17/h2-12,18H,13-14H2,1H3. The van der Waals surface area contributed by atoms with E-state index in [2.05, 4.69) is 66.4 Å². The third kappa shape index (κ3) is 2.61. The molecule has 1 atom stereocenters. The summed E-state index contributed by atoms with van der Waals surface area (Å²) < 4.78 is 5.66. The monoisotopic (exact) mass is 265 g/mol. The fraction of sp³-hybridized carbons (Fsp3) is 0.222. The molecule has 0 spiro atoms. The largest absolute Gasteiger partial charge is 0.375 e. The quantitative estimate of drug-likeness (QED) is 0.772. The third-order valence-electron chi connectivity index (χ3n) is 3.70. The van der Waals surface area contributed by atoms with Crippen LogP contribution in [-0.4, -0.2) is 19.3 Å². The molecule has 3 rings (SSSR count). The van der Waals surface area contributed by atoms with Crippen molar-refractivity contribution < 1.29 is 4.74 Å². The lowest BCUT2D eigenvalue weighted by Gasteiger charge is -2.36. The van der Waals surface area contributed by atoms with Gasteiger partial charge in [0.15, 0.2) is 0 Å². The molecular formula is C18H19NO. The van der Waals surface area contributed by atoms with Gasteiger partial charge in [0.05, 0.1) is 19.3 Å². The van der Waals surface area contributed by atoms with Crippen molar-refractivity contribution in [2.24, 2.45) is 0 Å². The summed E-state index contributed by atoms with van der Waals surface area (Å²) in [5.41, 5.74) is 3.76. The maximum Gasteiger partial charge on any atom is 0.0783 e. The van der Waals surface area contributed by atoms with E-state index < -0.39 is 0 Å². The summed E-state index contributed by atoms with van der Waals surface area (Å²) in [7, 11) is 0. The molecule has 0 aliphatic carbocycles. The van der Waals surface area contributed by atoms with Gasteiger partial charge in [0, 0.05) is 11.4 Å². The molecule has 0 N–H and O–H groups in total. The summed E-state index contributed by atoms with van der Waals surface area (Å²) in [6, 6.07) is 21.3. The van der Waals surface area contributed by atoms with E-state index >= 15 is 0 Å². The lowest BCUT2D eigenvalue weighted by molar-refractivity contribution is 0.142. The van der Waals surface area contributed by atoms with Gasteiger partial charge in [-0.3, -0.25) is 0 Å². The molecule has 1 aliphatic heterocycles. The zero-order chi connectivity index (χ0) is 13.8. The summed E-state index contributed by atoms with van der Waals surface area (Å²) in [6.45, 7) is 3.64. The Labute approximate surface area is 120 Å². The molecule has 0 saturated carbocycles. The Morgan fingerprint density at radius 1 is 0.900 bits per heavy atom. The molecule has 2 aromatic carbocycles. The highest BCUT2D eigenvalue weighted by Gasteiger charge is 2.24. The lowest BCUT2D eigenvalue weighted by Crippen LogP contribution is -2.38. The van der Waals surface area contributed by atoms with Crippen LogP contribution < -0.4 is 4.90 Å². The highest BCUT2D eigenvalue weighted by molar-refractivity contribution is 5.65. The average molecular weight is 265 g/mol. The van der Waals surface area contributed by atoms with E-state index in [0.717, 1.165) is 13.2 Å². The van der Waals surface area contributed by atoms with Crippen molar-refractivity contribution in [3.05, 3.63) is 72.3 Å². The van der Waals surface area contributed by atoms with Gasteiger partial charge in [0.25, 0.3) is 0 Å². The molecule has 0 fully saturated rings. The van der Waals surface area contributed by atoms with Crippen LogP contribution in [0.1, 0.15) is 6.92 Å². The second kappa shape index (κ2) is 5.93. The van der Waals surface area contributed by atoms with Crippen molar-refractivity contribution in [3.8, 4) is 0 Å². The first-order valence-electron chi connectivity index (χ1n) is 7.00. The molecule has 0 bridgehead atoms. The molecule has 1 heterocycles. The van der Waals surface area contributed by atoms with Crippen molar-refractivity contribution >= 4 is 11.4 Å². The molecule has 0 radical (unpaired) electrons. The molecule has 0 amide bonds. The highest BCUT2D eigenvalue weighted by atomic mass is 16.5. The van der Waals surface area contributed by atoms with Crippen LogP contribution in [0.3, 0.4) is 0 Å². The predicted molar refractivity (Wildman–Crippen MR) is 83.4 cm³/mol. The van der Waals surface area contributed by atoms with Gasteiger partial charge in [-0.15, -0.1) is 0 Å². The van der Waals surface area contributed by atoms with E-state index in [1.54, 1.807) is 0 Å². The van der Waals surface area contributed by atoms with Gasteiger partial charge in [0.2, 0.25) is 0 Å². The third-order valence-corrected chi connectivity index (χ3v) is 3.70. The predicted octanol–water partition coefficient (Wildman–Crippen LogP) is 4.17. The van der Waals surface area contributed by atoms with E-state index in [1.165, 1.54) is 16.9 Å². The SMILES string of the molecule is CC1=CCOCC1N(c1ccccc1)c1ccccc1. The van der Waals surface area contributed by atoms with Crippen molar-refractivity contribution in [2.75, 3.05) is 18.1 Å². The van der Waals surface area contributed by atoms with Gasteiger partial charge in [-0.25, -0.2) is 0 Å². The van der Waals surface area contributed by atoms with E-state index in [0.29, 0.717) is 0 Å². The number of hydrogen-bond acceptors (Lipinski definition) is 2. The molecule has 0 saturated heterocycles. The minimum Gasteiger partial charge on any atom is -0.375 e. The van der Waals surface area contributed by atoms with Crippen LogP contribution in [0, 0.1) is 0 Å². The zero-order valence-corrected chi connectivity index (χ0v) is 11.7. The van der Waals surface area contributed by atoms with Gasteiger partial charge in [-0.1, -0.05) is 48.0 Å². The summed E-state index contributed by atoms with van der Waals surface area (Å²) in [5, 5.41) is 0. The van der Waals surface area contributed by atoms with Crippen molar-refractivity contribution in [1.82, 2.24) is 0 Å². The van der Waals surface area contributed by atoms with Crippen molar-refractivity contribution in [1.29, 1.82) is 0 Å². The Kier molecular flexibility index (Phi) is 3.84. The molecule has 0 aromatic heterocycles. The molecule has 1 unspecified atom stereocenters. The Hall–Kier alpha value is -2.06. The Balaban J connectivity index is 2.04. The summed E-state index contributed by atoms with van der Waals surface area (Å²) in [4.78, 5) is 2.35. The van der Waals surface area contributed by atoms with Gasteiger partial charge >= 0.3 is 0 Å². The number of nitrogens with zero attached hydrogens (tertiary/aromatic N) is 1. The van der Waals surface area contributed by atoms with Gasteiger partial charge < -0.3 is 9.64 Å². The minimum atomic E-state index is 0.258. The summed E-state index contributed by atoms with van der Waals surface area (Å²) >= 11 is 0. The Morgan fingerprint density at radius 3 is 1.95 bits per heavy atom. The number of ether oxygens (including phenoxy) is 1. The number of rotatable bonds is 3. The second-order valence-electron chi connectivity index (χ2n) is 5.04. The first-order valence-corrected chi connectivity index (χ1v) is 7.00. The number of benzene rings is 2. The van der Waals surface area contributed by atoms with Crippen LogP contribution in [0.5, 0.6) is 0 Å². The number of anilines is 2. The normalized spacial score (nSPS) is 18.4. The molecule has 20 heavy (non-hydrogen) atoms. The average Bonchev–Trinajstić information content (AvgIpc) is 2.52. The van der Waals surface area contributed by atoms with Crippen LogP contribution in [-0.2, 0) is 4.74 Å². The van der Waals surface area contributed by atoms with Crippen LogP contribution >= 0.6 is 0 Å². The van der Waals surface area contributed by atoms with Crippen LogP contribution in [0.25, 0.3) is 0 Å². The smallest absolute Gasteiger partial charge is 0.0783 e. The topological polar surface area (TPSA) is 12.5 Å². The maximum absolute atomic E-state index is 5.66. The van der Waals surface area contributed by atoms with Crippen LogP contribution in [0.15, 0.2) is 72.3 Å². The zero-order valence-electron chi connectivity index (χ0n) is 11.7. The second-order valence-corrected chi connectivity index (χ2v) is 5.04. The lowest BCUT2D eigenvalue weighted by atomic mass is 10.0. The fourth-order valence-electron chi connectivity index (χ4n) is 2.60. The Bertz CT molecular complexity index is 537. The van der Waals surface area contributed by atoms with E-state index in [1.807, 2.05) is 12.1 Å². The summed E-state index contributed by atoms with van der Waals surface area (Å²) in [5.74, 6) is 0. The molecule has 102 valence electrons. The molecule has 2 aromatic rings. The van der Waals surface area contributed by atoms with Crippen LogP contribution in [0.4, 0.5) is 11.4 Å². The van der Waals surface area contributed by atoms with E-state index in [-0.39, 0.29) is 6.04 Å². The minimum absolute atomic E-state index is 0.258. The summed E-state index contributed by atoms with van der Waals surface area (Å²) in [6.07, 6.45) is 2.17. The van der Waals surface area contributed by atoms with Crippen LogP contribution in [0.2, 0.25) is 0 Å². The first kappa shape index (κ1) is 12.9. The van der Waals surface area contributed by atoms with Gasteiger partial charge in [0.1, 0.15) is 0 Å². The molecular weight excluding hydrogens is 246 g/mol. The first-order chi connectivity index (χ1) is 9.86. The number of hydrogen-bond donors (Lipinski definition) is 0. The number of para-hydroxylation sites is 2. The van der Waals surface area contributed by atoms with Crippen molar-refractivity contribution in [2.45, 2.75) is 13.0 Å². The Morgan fingerprint density at radius 2 is 1.45 bits per heavy atom. The fourth-order valence-corrected chi connectivity index (χ4v) is 2.60. The van der Waals surface area contributed by atoms with E-state index in [4.69, 9.17) is 4.74 Å². The highest BCUT2D eigenvalue weighted by Crippen LogP contribution is 2.31. The van der Waals surface area contributed by atoms with E-state index in [9.17, 15) is 0 Å². The molecule has 2 heteroatoms. The van der Waals surface area contributed by atoms with Gasteiger partial charge in [-0.05, 0) is 31.2 Å².